The van der Waals surface area contributed by atoms with Gasteiger partial charge in [0.25, 0.3) is 0 Å². The number of hydrogen-bond donors (Lipinski definition) is 1. The Hall–Kier alpha value is -2.53. The minimum atomic E-state index is -3.75. The van der Waals surface area contributed by atoms with E-state index >= 15 is 0 Å². The van der Waals surface area contributed by atoms with E-state index in [4.69, 9.17) is 11.6 Å². The number of amides is 1. The molecule has 1 fully saturated rings. The van der Waals surface area contributed by atoms with Crippen molar-refractivity contribution in [1.82, 2.24) is 19.6 Å². The van der Waals surface area contributed by atoms with Crippen LogP contribution < -0.4 is 9.62 Å². The first-order valence-electron chi connectivity index (χ1n) is 10.4. The molecule has 3 aromatic rings. The average molecular weight is 504 g/mol. The van der Waals surface area contributed by atoms with Crippen molar-refractivity contribution in [3.63, 3.8) is 0 Å². The molecule has 1 N–H and O–H groups in total. The van der Waals surface area contributed by atoms with Crippen molar-refractivity contribution in [1.29, 1.82) is 0 Å². The maximum atomic E-state index is 13.1. The van der Waals surface area contributed by atoms with Gasteiger partial charge in [-0.05, 0) is 41.8 Å². The lowest BCUT2D eigenvalue weighted by Crippen LogP contribution is -2.36. The molecular formula is C22H22ClN5O3S2. The fraction of sp³-hybridized carbons (Fsp3) is 0.318. The van der Waals surface area contributed by atoms with Gasteiger partial charge in [0.05, 0.1) is 11.1 Å². The summed E-state index contributed by atoms with van der Waals surface area (Å²) in [7, 11) is -3.75. The molecule has 11 heteroatoms. The average Bonchev–Trinajstić information content (AvgIpc) is 3.51. The largest absolute Gasteiger partial charge is 0.342 e. The molecule has 1 atom stereocenters. The van der Waals surface area contributed by atoms with Crippen LogP contribution in [0.4, 0.5) is 10.8 Å². The topological polar surface area (TPSA) is 95.5 Å². The SMILES string of the molecule is CC(=O)N1CCC2(C1)CN(c1ncc(Cl)s1)c1ccc(S(=O)(=O)NCc3cccnc3)cc12. The Morgan fingerprint density at radius 2 is 2.12 bits per heavy atom. The minimum Gasteiger partial charge on any atom is -0.342 e. The number of benzene rings is 1. The van der Waals surface area contributed by atoms with Crippen LogP contribution in [0.1, 0.15) is 24.5 Å². The van der Waals surface area contributed by atoms with E-state index in [1.807, 2.05) is 17.0 Å². The first-order valence-corrected chi connectivity index (χ1v) is 13.1. The summed E-state index contributed by atoms with van der Waals surface area (Å²) < 4.78 is 29.4. The quantitative estimate of drug-likeness (QED) is 0.574. The fourth-order valence-electron chi connectivity index (χ4n) is 4.61. The van der Waals surface area contributed by atoms with Crippen LogP contribution in [-0.4, -0.2) is 48.8 Å². The number of rotatable bonds is 5. The molecule has 0 saturated carbocycles. The number of nitrogens with one attached hydrogen (secondary N) is 1. The molecule has 2 aliphatic rings. The van der Waals surface area contributed by atoms with Crippen LogP contribution in [-0.2, 0) is 26.8 Å². The molecule has 1 saturated heterocycles. The number of pyridine rings is 1. The summed E-state index contributed by atoms with van der Waals surface area (Å²) in [6, 6.07) is 8.78. The van der Waals surface area contributed by atoms with E-state index < -0.39 is 10.0 Å². The van der Waals surface area contributed by atoms with Gasteiger partial charge < -0.3 is 9.80 Å². The standard InChI is InChI=1S/C22H22ClN5O3S2/c1-15(29)27-8-6-22(13-27)14-28(21-25-12-20(23)32-21)19-5-4-17(9-18(19)22)33(30,31)26-11-16-3-2-7-24-10-16/h2-5,7,9-10,12,26H,6,8,11,13-14H2,1H3. The van der Waals surface area contributed by atoms with Crippen molar-refractivity contribution in [2.75, 3.05) is 24.5 Å². The number of thiazole rings is 1. The van der Waals surface area contributed by atoms with Crippen molar-refractivity contribution >= 4 is 49.7 Å². The molecule has 4 heterocycles. The van der Waals surface area contributed by atoms with Crippen molar-refractivity contribution in [3.8, 4) is 0 Å². The van der Waals surface area contributed by atoms with Gasteiger partial charge in [0.1, 0.15) is 4.34 Å². The Morgan fingerprint density at radius 3 is 2.79 bits per heavy atom. The number of carbonyl (C=O) groups is 1. The predicted molar refractivity (Wildman–Crippen MR) is 127 cm³/mol. The van der Waals surface area contributed by atoms with Crippen LogP contribution in [0.3, 0.4) is 0 Å². The molecule has 2 aliphatic heterocycles. The molecule has 172 valence electrons. The minimum absolute atomic E-state index is 0.0195. The molecular weight excluding hydrogens is 482 g/mol. The second-order valence-electron chi connectivity index (χ2n) is 8.37. The smallest absolute Gasteiger partial charge is 0.240 e. The predicted octanol–water partition coefficient (Wildman–Crippen LogP) is 3.31. The van der Waals surface area contributed by atoms with Gasteiger partial charge in [0.15, 0.2) is 5.13 Å². The second-order valence-corrected chi connectivity index (χ2v) is 11.8. The molecule has 2 aromatic heterocycles. The summed E-state index contributed by atoms with van der Waals surface area (Å²) in [6.07, 6.45) is 5.64. The number of likely N-dealkylation sites (tertiary alicyclic amines) is 1. The highest BCUT2D eigenvalue weighted by molar-refractivity contribution is 7.89. The number of hydrogen-bond acceptors (Lipinski definition) is 7. The van der Waals surface area contributed by atoms with Gasteiger partial charge in [0.2, 0.25) is 15.9 Å². The van der Waals surface area contributed by atoms with E-state index in [9.17, 15) is 13.2 Å². The van der Waals surface area contributed by atoms with Gasteiger partial charge in [-0.1, -0.05) is 29.0 Å². The van der Waals surface area contributed by atoms with Gasteiger partial charge in [-0.3, -0.25) is 9.78 Å². The van der Waals surface area contributed by atoms with Crippen LogP contribution in [0.5, 0.6) is 0 Å². The molecule has 0 bridgehead atoms. The Labute approximate surface area is 201 Å². The van der Waals surface area contributed by atoms with E-state index in [0.717, 1.165) is 28.4 Å². The van der Waals surface area contributed by atoms with Crippen LogP contribution in [0.15, 0.2) is 53.8 Å². The number of fused-ring (bicyclic) bond motifs is 2. The highest BCUT2D eigenvalue weighted by Gasteiger charge is 2.49. The molecule has 8 nitrogen and oxygen atoms in total. The van der Waals surface area contributed by atoms with E-state index in [1.54, 1.807) is 43.7 Å². The molecule has 1 spiro atoms. The second kappa shape index (κ2) is 8.35. The lowest BCUT2D eigenvalue weighted by atomic mass is 9.81. The van der Waals surface area contributed by atoms with E-state index in [-0.39, 0.29) is 22.8 Å². The van der Waals surface area contributed by atoms with Gasteiger partial charge in [-0.15, -0.1) is 0 Å². The van der Waals surface area contributed by atoms with Crippen molar-refractivity contribution in [3.05, 3.63) is 64.4 Å². The number of nitrogens with zero attached hydrogens (tertiary/aromatic N) is 4. The van der Waals surface area contributed by atoms with Gasteiger partial charge in [0, 0.05) is 56.6 Å². The lowest BCUT2D eigenvalue weighted by Gasteiger charge is -2.25. The first kappa shape index (κ1) is 22.3. The number of anilines is 2. The third kappa shape index (κ3) is 4.12. The normalized spacial score (nSPS) is 19.9. The van der Waals surface area contributed by atoms with Crippen LogP contribution >= 0.6 is 22.9 Å². The number of sulfonamides is 1. The maximum Gasteiger partial charge on any atom is 0.240 e. The first-order chi connectivity index (χ1) is 15.8. The number of carbonyl (C=O) groups excluding carboxylic acids is 1. The van der Waals surface area contributed by atoms with E-state index in [0.29, 0.717) is 24.0 Å². The molecule has 1 amide bonds. The van der Waals surface area contributed by atoms with Gasteiger partial charge in [-0.25, -0.2) is 18.1 Å². The zero-order valence-corrected chi connectivity index (χ0v) is 20.3. The van der Waals surface area contributed by atoms with E-state index in [1.165, 1.54) is 11.3 Å². The summed E-state index contributed by atoms with van der Waals surface area (Å²) in [6.45, 7) is 3.51. The van der Waals surface area contributed by atoms with Crippen molar-refractivity contribution in [2.45, 2.75) is 30.2 Å². The molecule has 0 radical (unpaired) electrons. The highest BCUT2D eigenvalue weighted by Crippen LogP contribution is 2.50. The summed E-state index contributed by atoms with van der Waals surface area (Å²) >= 11 is 7.51. The third-order valence-electron chi connectivity index (χ3n) is 6.29. The monoisotopic (exact) mass is 503 g/mol. The third-order valence-corrected chi connectivity index (χ3v) is 8.82. The summed E-state index contributed by atoms with van der Waals surface area (Å²) in [5, 5.41) is 0.754. The Bertz CT molecular complexity index is 1310. The van der Waals surface area contributed by atoms with Crippen LogP contribution in [0.2, 0.25) is 4.34 Å². The Balaban J connectivity index is 1.51. The van der Waals surface area contributed by atoms with Gasteiger partial charge >= 0.3 is 0 Å². The van der Waals surface area contributed by atoms with Crippen molar-refractivity contribution < 1.29 is 13.2 Å². The zero-order valence-electron chi connectivity index (χ0n) is 17.9. The van der Waals surface area contributed by atoms with E-state index in [2.05, 4.69) is 19.6 Å². The number of aromatic nitrogens is 2. The molecule has 5 rings (SSSR count). The highest BCUT2D eigenvalue weighted by atomic mass is 35.5. The zero-order chi connectivity index (χ0) is 23.2. The molecule has 33 heavy (non-hydrogen) atoms. The summed E-state index contributed by atoms with van der Waals surface area (Å²) in [4.78, 5) is 24.6. The van der Waals surface area contributed by atoms with Gasteiger partial charge in [-0.2, -0.15) is 0 Å². The fourth-order valence-corrected chi connectivity index (χ4v) is 6.57. The molecule has 0 aliphatic carbocycles. The van der Waals surface area contributed by atoms with Crippen molar-refractivity contribution in [2.24, 2.45) is 0 Å². The Kier molecular flexibility index (Phi) is 5.64. The maximum absolute atomic E-state index is 13.1. The lowest BCUT2D eigenvalue weighted by molar-refractivity contribution is -0.127. The number of halogens is 1. The molecule has 1 aromatic carbocycles. The summed E-state index contributed by atoms with van der Waals surface area (Å²) in [5.74, 6) is 0.0195. The Morgan fingerprint density at radius 1 is 1.27 bits per heavy atom. The molecule has 1 unspecified atom stereocenters. The summed E-state index contributed by atoms with van der Waals surface area (Å²) in [5.41, 5.74) is 2.23. The van der Waals surface area contributed by atoms with Crippen LogP contribution in [0, 0.1) is 0 Å². The van der Waals surface area contributed by atoms with Crippen LogP contribution in [0.25, 0.3) is 0 Å².